The number of hydrogen-bond acceptors (Lipinski definition) is 3. The van der Waals surface area contributed by atoms with Crippen LogP contribution < -0.4 is 11.0 Å². The molecule has 0 amide bonds. The topological polar surface area (TPSA) is 60.7 Å². The molecular weight excluding hydrogens is 270 g/mol. The zero-order valence-corrected chi connectivity index (χ0v) is 11.9. The van der Waals surface area contributed by atoms with Gasteiger partial charge in [0.2, 0.25) is 0 Å². The Bertz CT molecular complexity index is 774. The first-order valence-electron chi connectivity index (χ1n) is 6.33. The van der Waals surface area contributed by atoms with Crippen molar-refractivity contribution in [1.29, 1.82) is 0 Å². The fraction of sp³-hybridized carbons (Fsp3) is 0.133. The second-order valence-corrected chi connectivity index (χ2v) is 5.42. The number of rotatable bonds is 4. The predicted molar refractivity (Wildman–Crippen MR) is 84.5 cm³/mol. The van der Waals surface area contributed by atoms with Crippen LogP contribution in [-0.4, -0.2) is 16.2 Å². The van der Waals surface area contributed by atoms with Crippen LogP contribution in [0.15, 0.2) is 52.2 Å². The minimum atomic E-state index is -0.176. The Kier molecular flexibility index (Phi) is 3.52. The minimum absolute atomic E-state index is 0.176. The summed E-state index contributed by atoms with van der Waals surface area (Å²) in [6.07, 6.45) is 2.07. The van der Waals surface area contributed by atoms with Gasteiger partial charge in [-0.15, -0.1) is 11.8 Å². The van der Waals surface area contributed by atoms with Crippen LogP contribution in [0.5, 0.6) is 0 Å². The van der Waals surface area contributed by atoms with Crippen molar-refractivity contribution in [2.75, 3.05) is 11.6 Å². The molecule has 0 saturated heterocycles. The summed E-state index contributed by atoms with van der Waals surface area (Å²) in [6, 6.07) is 14.3. The number of imidazole rings is 1. The number of fused-ring (bicyclic) bond motifs is 1. The van der Waals surface area contributed by atoms with Crippen LogP contribution in [0.25, 0.3) is 11.0 Å². The SMILES string of the molecule is CSc1ccc(CNc2ccc3[nH]c(=O)[nH]c3c2)cc1. The highest BCUT2D eigenvalue weighted by Gasteiger charge is 2.00. The summed E-state index contributed by atoms with van der Waals surface area (Å²) < 4.78 is 0. The molecule has 0 fully saturated rings. The van der Waals surface area contributed by atoms with Crippen molar-refractivity contribution in [2.45, 2.75) is 11.4 Å². The second-order valence-electron chi connectivity index (χ2n) is 4.54. The molecule has 2 aromatic carbocycles. The van der Waals surface area contributed by atoms with Gasteiger partial charge in [0.05, 0.1) is 11.0 Å². The van der Waals surface area contributed by atoms with Gasteiger partial charge in [-0.3, -0.25) is 0 Å². The molecule has 0 radical (unpaired) electrons. The average molecular weight is 285 g/mol. The smallest absolute Gasteiger partial charge is 0.323 e. The summed E-state index contributed by atoms with van der Waals surface area (Å²) in [4.78, 5) is 18.0. The molecule has 0 unspecified atom stereocenters. The number of anilines is 1. The monoisotopic (exact) mass is 285 g/mol. The third-order valence-electron chi connectivity index (χ3n) is 3.17. The van der Waals surface area contributed by atoms with Crippen LogP contribution >= 0.6 is 11.8 Å². The Morgan fingerprint density at radius 1 is 1.05 bits per heavy atom. The van der Waals surface area contributed by atoms with Gasteiger partial charge in [0, 0.05) is 17.1 Å². The lowest BCUT2D eigenvalue weighted by atomic mass is 10.2. The van der Waals surface area contributed by atoms with Crippen LogP contribution in [0, 0.1) is 0 Å². The lowest BCUT2D eigenvalue weighted by Crippen LogP contribution is -1.99. The maximum atomic E-state index is 11.2. The molecule has 0 saturated carbocycles. The Balaban J connectivity index is 1.73. The van der Waals surface area contributed by atoms with E-state index in [1.807, 2.05) is 18.2 Å². The summed E-state index contributed by atoms with van der Waals surface area (Å²) in [5, 5.41) is 3.36. The molecular formula is C15H15N3OS. The molecule has 3 N–H and O–H groups in total. The van der Waals surface area contributed by atoms with Crippen LogP contribution in [-0.2, 0) is 6.54 Å². The van der Waals surface area contributed by atoms with Gasteiger partial charge < -0.3 is 15.3 Å². The molecule has 0 aliphatic heterocycles. The van der Waals surface area contributed by atoms with Crippen LogP contribution in [0.1, 0.15) is 5.56 Å². The lowest BCUT2D eigenvalue weighted by molar-refractivity contribution is 1.14. The zero-order valence-electron chi connectivity index (χ0n) is 11.1. The van der Waals surface area contributed by atoms with Gasteiger partial charge in [-0.25, -0.2) is 4.79 Å². The lowest BCUT2D eigenvalue weighted by Gasteiger charge is -2.07. The number of aromatic amines is 2. The van der Waals surface area contributed by atoms with Gasteiger partial charge in [0.15, 0.2) is 0 Å². The van der Waals surface area contributed by atoms with Crippen molar-refractivity contribution < 1.29 is 0 Å². The Morgan fingerprint density at radius 2 is 1.80 bits per heavy atom. The first-order chi connectivity index (χ1) is 9.74. The fourth-order valence-corrected chi connectivity index (χ4v) is 2.50. The van der Waals surface area contributed by atoms with E-state index < -0.39 is 0 Å². The molecule has 4 nitrogen and oxygen atoms in total. The van der Waals surface area contributed by atoms with Crippen LogP contribution in [0.3, 0.4) is 0 Å². The van der Waals surface area contributed by atoms with Gasteiger partial charge >= 0.3 is 5.69 Å². The Hall–Kier alpha value is -2.14. The number of H-pyrrole nitrogens is 2. The van der Waals surface area contributed by atoms with Crippen molar-refractivity contribution >= 4 is 28.5 Å². The number of nitrogens with one attached hydrogen (secondary N) is 3. The standard InChI is InChI=1S/C15H15N3OS/c1-20-12-5-2-10(3-6-12)9-16-11-4-7-13-14(8-11)18-15(19)17-13/h2-8,16H,9H2,1H3,(H2,17,18,19). The maximum absolute atomic E-state index is 11.2. The molecule has 20 heavy (non-hydrogen) atoms. The summed E-state index contributed by atoms with van der Waals surface area (Å²) in [5.41, 5.74) is 3.68. The van der Waals surface area contributed by atoms with E-state index in [0.29, 0.717) is 0 Å². The van der Waals surface area contributed by atoms with Crippen molar-refractivity contribution in [3.05, 3.63) is 58.5 Å². The van der Waals surface area contributed by atoms with E-state index in [-0.39, 0.29) is 5.69 Å². The Morgan fingerprint density at radius 3 is 2.55 bits per heavy atom. The first kappa shape index (κ1) is 12.9. The molecule has 5 heteroatoms. The van der Waals surface area contributed by atoms with Gasteiger partial charge in [-0.1, -0.05) is 12.1 Å². The molecule has 0 aliphatic rings. The minimum Gasteiger partial charge on any atom is -0.381 e. The molecule has 0 atom stereocenters. The molecule has 3 rings (SSSR count). The van der Waals surface area contributed by atoms with E-state index in [0.717, 1.165) is 23.3 Å². The van der Waals surface area contributed by atoms with Gasteiger partial charge in [-0.2, -0.15) is 0 Å². The third kappa shape index (κ3) is 2.72. The van der Waals surface area contributed by atoms with Gasteiger partial charge in [0.25, 0.3) is 0 Å². The fourth-order valence-electron chi connectivity index (χ4n) is 2.09. The number of benzene rings is 2. The Labute approximate surface area is 120 Å². The number of thioether (sulfide) groups is 1. The van der Waals surface area contributed by atoms with E-state index in [1.54, 1.807) is 11.8 Å². The summed E-state index contributed by atoms with van der Waals surface area (Å²) in [7, 11) is 0. The molecule has 0 spiro atoms. The molecule has 0 aliphatic carbocycles. The number of hydrogen-bond donors (Lipinski definition) is 3. The van der Waals surface area contributed by atoms with Crippen molar-refractivity contribution in [3.8, 4) is 0 Å². The van der Waals surface area contributed by atoms with E-state index >= 15 is 0 Å². The summed E-state index contributed by atoms with van der Waals surface area (Å²) in [5.74, 6) is 0. The van der Waals surface area contributed by atoms with Gasteiger partial charge in [0.1, 0.15) is 0 Å². The number of aromatic nitrogens is 2. The van der Waals surface area contributed by atoms with Gasteiger partial charge in [-0.05, 0) is 42.2 Å². The summed E-state index contributed by atoms with van der Waals surface area (Å²) in [6.45, 7) is 0.759. The first-order valence-corrected chi connectivity index (χ1v) is 7.56. The molecule has 3 aromatic rings. The highest BCUT2D eigenvalue weighted by atomic mass is 32.2. The molecule has 1 heterocycles. The third-order valence-corrected chi connectivity index (χ3v) is 3.92. The zero-order chi connectivity index (χ0) is 13.9. The van der Waals surface area contributed by atoms with E-state index in [2.05, 4.69) is 45.8 Å². The predicted octanol–water partition coefficient (Wildman–Crippen LogP) is 3.19. The van der Waals surface area contributed by atoms with Crippen molar-refractivity contribution in [1.82, 2.24) is 9.97 Å². The molecule has 102 valence electrons. The van der Waals surface area contributed by atoms with E-state index in [9.17, 15) is 4.79 Å². The van der Waals surface area contributed by atoms with Crippen LogP contribution in [0.4, 0.5) is 5.69 Å². The van der Waals surface area contributed by atoms with Crippen molar-refractivity contribution in [2.24, 2.45) is 0 Å². The summed E-state index contributed by atoms with van der Waals surface area (Å²) >= 11 is 1.74. The highest BCUT2D eigenvalue weighted by molar-refractivity contribution is 7.98. The molecule has 1 aromatic heterocycles. The average Bonchev–Trinajstić information content (AvgIpc) is 2.85. The largest absolute Gasteiger partial charge is 0.381 e. The quantitative estimate of drug-likeness (QED) is 0.645. The maximum Gasteiger partial charge on any atom is 0.323 e. The van der Waals surface area contributed by atoms with Crippen molar-refractivity contribution in [3.63, 3.8) is 0 Å². The van der Waals surface area contributed by atoms with E-state index in [4.69, 9.17) is 0 Å². The normalized spacial score (nSPS) is 10.8. The highest BCUT2D eigenvalue weighted by Crippen LogP contribution is 2.17. The van der Waals surface area contributed by atoms with E-state index in [1.165, 1.54) is 10.5 Å². The second kappa shape index (κ2) is 5.46. The van der Waals surface area contributed by atoms with Crippen LogP contribution in [0.2, 0.25) is 0 Å². The molecule has 0 bridgehead atoms.